The second-order valence-corrected chi connectivity index (χ2v) is 5.71. The molecule has 0 unspecified atom stereocenters. The number of hydrogen-bond donors (Lipinski definition) is 3. The molecule has 1 amide bonds. The first-order valence-electron chi connectivity index (χ1n) is 7.25. The summed E-state index contributed by atoms with van der Waals surface area (Å²) in [7, 11) is 0. The van der Waals surface area contributed by atoms with Gasteiger partial charge in [-0.1, -0.05) is 20.3 Å². The van der Waals surface area contributed by atoms with Crippen LogP contribution in [0.2, 0.25) is 0 Å². The minimum absolute atomic E-state index is 0.0243. The Hall–Kier alpha value is -0.610. The van der Waals surface area contributed by atoms with Gasteiger partial charge in [0.25, 0.3) is 0 Å². The lowest BCUT2D eigenvalue weighted by Crippen LogP contribution is -2.46. The van der Waals surface area contributed by atoms with Gasteiger partial charge < -0.3 is 15.7 Å². The van der Waals surface area contributed by atoms with Gasteiger partial charge in [0.2, 0.25) is 5.91 Å². The lowest BCUT2D eigenvalue weighted by atomic mass is 9.79. The Kier molecular flexibility index (Phi) is 6.65. The largest absolute Gasteiger partial charge is 0.389 e. The second kappa shape index (κ2) is 7.74. The van der Waals surface area contributed by atoms with E-state index in [1.54, 1.807) is 0 Å². The SMILES string of the molecule is CCCCNC(=O)CNCC1(O)CCC(C)CC1. The van der Waals surface area contributed by atoms with Crippen LogP contribution in [0.5, 0.6) is 0 Å². The third kappa shape index (κ3) is 5.83. The molecule has 18 heavy (non-hydrogen) atoms. The topological polar surface area (TPSA) is 61.4 Å². The summed E-state index contributed by atoms with van der Waals surface area (Å²) in [5.41, 5.74) is -0.601. The van der Waals surface area contributed by atoms with Crippen LogP contribution >= 0.6 is 0 Å². The molecular formula is C14H28N2O2. The number of carbonyl (C=O) groups is 1. The fourth-order valence-corrected chi connectivity index (χ4v) is 2.35. The van der Waals surface area contributed by atoms with Crippen LogP contribution in [0.4, 0.5) is 0 Å². The van der Waals surface area contributed by atoms with E-state index in [0.717, 1.165) is 51.0 Å². The zero-order valence-electron chi connectivity index (χ0n) is 11.8. The van der Waals surface area contributed by atoms with Crippen molar-refractivity contribution in [1.82, 2.24) is 10.6 Å². The highest BCUT2D eigenvalue weighted by Gasteiger charge is 2.31. The maximum Gasteiger partial charge on any atom is 0.233 e. The van der Waals surface area contributed by atoms with E-state index in [2.05, 4.69) is 24.5 Å². The fourth-order valence-electron chi connectivity index (χ4n) is 2.35. The van der Waals surface area contributed by atoms with Crippen LogP contribution in [0.1, 0.15) is 52.4 Å². The van der Waals surface area contributed by atoms with Gasteiger partial charge in [-0.3, -0.25) is 4.79 Å². The maximum atomic E-state index is 11.5. The summed E-state index contributed by atoms with van der Waals surface area (Å²) in [6.45, 7) is 5.92. The van der Waals surface area contributed by atoms with Crippen molar-refractivity contribution >= 4 is 5.91 Å². The van der Waals surface area contributed by atoms with Gasteiger partial charge in [0.05, 0.1) is 12.1 Å². The number of unbranched alkanes of at least 4 members (excludes halogenated alkanes) is 1. The molecule has 0 spiro atoms. The minimum atomic E-state index is -0.601. The lowest BCUT2D eigenvalue weighted by Gasteiger charge is -2.35. The van der Waals surface area contributed by atoms with Gasteiger partial charge >= 0.3 is 0 Å². The molecule has 1 rings (SSSR count). The minimum Gasteiger partial charge on any atom is -0.389 e. The third-order valence-electron chi connectivity index (χ3n) is 3.80. The summed E-state index contributed by atoms with van der Waals surface area (Å²) < 4.78 is 0. The molecule has 0 aliphatic heterocycles. The van der Waals surface area contributed by atoms with Gasteiger partial charge in [-0.25, -0.2) is 0 Å². The summed E-state index contributed by atoms with van der Waals surface area (Å²) in [5.74, 6) is 0.749. The Morgan fingerprint density at radius 3 is 2.67 bits per heavy atom. The average molecular weight is 256 g/mol. The number of carbonyl (C=O) groups excluding carboxylic acids is 1. The van der Waals surface area contributed by atoms with Crippen molar-refractivity contribution in [3.8, 4) is 0 Å². The van der Waals surface area contributed by atoms with E-state index in [0.29, 0.717) is 13.1 Å². The Morgan fingerprint density at radius 1 is 1.39 bits per heavy atom. The molecule has 0 radical (unpaired) electrons. The monoisotopic (exact) mass is 256 g/mol. The highest BCUT2D eigenvalue weighted by atomic mass is 16.3. The number of nitrogens with one attached hydrogen (secondary N) is 2. The van der Waals surface area contributed by atoms with Crippen LogP contribution in [0, 0.1) is 5.92 Å². The molecule has 3 N–H and O–H groups in total. The van der Waals surface area contributed by atoms with Crippen molar-refractivity contribution in [2.45, 2.75) is 58.0 Å². The molecule has 1 aliphatic rings. The van der Waals surface area contributed by atoms with E-state index >= 15 is 0 Å². The smallest absolute Gasteiger partial charge is 0.233 e. The van der Waals surface area contributed by atoms with E-state index in [4.69, 9.17) is 0 Å². The molecule has 4 heteroatoms. The molecule has 1 saturated carbocycles. The van der Waals surface area contributed by atoms with Crippen molar-refractivity contribution in [1.29, 1.82) is 0 Å². The summed E-state index contributed by atoms with van der Waals surface area (Å²) in [4.78, 5) is 11.5. The Morgan fingerprint density at radius 2 is 2.06 bits per heavy atom. The number of hydrogen-bond acceptors (Lipinski definition) is 3. The first-order valence-corrected chi connectivity index (χ1v) is 7.25. The molecule has 0 aromatic heterocycles. The van der Waals surface area contributed by atoms with Gasteiger partial charge in [-0.2, -0.15) is 0 Å². The Bertz CT molecular complexity index is 248. The van der Waals surface area contributed by atoms with Crippen molar-refractivity contribution in [3.63, 3.8) is 0 Å². The standard InChI is InChI=1S/C14H28N2O2/c1-3-4-9-16-13(17)10-15-11-14(18)7-5-12(2)6-8-14/h12,15,18H,3-11H2,1-2H3,(H,16,17). The molecule has 0 saturated heterocycles. The highest BCUT2D eigenvalue weighted by molar-refractivity contribution is 5.77. The van der Waals surface area contributed by atoms with Crippen molar-refractivity contribution in [3.05, 3.63) is 0 Å². The van der Waals surface area contributed by atoms with Gasteiger partial charge in [0.15, 0.2) is 0 Å². The molecule has 1 fully saturated rings. The van der Waals surface area contributed by atoms with Gasteiger partial charge in [0.1, 0.15) is 0 Å². The van der Waals surface area contributed by atoms with Gasteiger partial charge in [0, 0.05) is 13.1 Å². The molecule has 106 valence electrons. The number of aliphatic hydroxyl groups is 1. The second-order valence-electron chi connectivity index (χ2n) is 5.71. The quantitative estimate of drug-likeness (QED) is 0.604. The fraction of sp³-hybridized carbons (Fsp3) is 0.929. The zero-order valence-corrected chi connectivity index (χ0v) is 11.8. The van der Waals surface area contributed by atoms with E-state index in [-0.39, 0.29) is 5.91 Å². The normalized spacial score (nSPS) is 28.1. The predicted octanol–water partition coefficient (Wildman–Crippen LogP) is 1.43. The van der Waals surface area contributed by atoms with E-state index in [9.17, 15) is 9.90 Å². The third-order valence-corrected chi connectivity index (χ3v) is 3.80. The van der Waals surface area contributed by atoms with Crippen LogP contribution in [-0.2, 0) is 4.79 Å². The molecule has 0 bridgehead atoms. The first-order chi connectivity index (χ1) is 8.56. The Balaban J connectivity index is 2.11. The highest BCUT2D eigenvalue weighted by Crippen LogP contribution is 2.31. The van der Waals surface area contributed by atoms with Crippen LogP contribution in [0.3, 0.4) is 0 Å². The summed E-state index contributed by atoms with van der Waals surface area (Å²) >= 11 is 0. The lowest BCUT2D eigenvalue weighted by molar-refractivity contribution is -0.120. The summed E-state index contributed by atoms with van der Waals surface area (Å²) in [6.07, 6.45) is 5.97. The van der Waals surface area contributed by atoms with Crippen LogP contribution in [0.25, 0.3) is 0 Å². The van der Waals surface area contributed by atoms with Crippen LogP contribution < -0.4 is 10.6 Å². The van der Waals surface area contributed by atoms with E-state index in [1.165, 1.54) is 0 Å². The zero-order chi connectivity index (χ0) is 13.4. The van der Waals surface area contributed by atoms with Gasteiger partial charge in [-0.15, -0.1) is 0 Å². The predicted molar refractivity (Wildman–Crippen MR) is 73.4 cm³/mol. The van der Waals surface area contributed by atoms with E-state index < -0.39 is 5.60 Å². The van der Waals surface area contributed by atoms with Crippen molar-refractivity contribution in [2.24, 2.45) is 5.92 Å². The van der Waals surface area contributed by atoms with E-state index in [1.807, 2.05) is 0 Å². The van der Waals surface area contributed by atoms with Crippen molar-refractivity contribution < 1.29 is 9.90 Å². The Labute approximate surface area is 111 Å². The molecule has 0 heterocycles. The number of amides is 1. The summed E-state index contributed by atoms with van der Waals surface area (Å²) in [6, 6.07) is 0. The molecule has 0 aromatic carbocycles. The first kappa shape index (κ1) is 15.4. The summed E-state index contributed by atoms with van der Waals surface area (Å²) in [5, 5.41) is 16.3. The molecule has 4 nitrogen and oxygen atoms in total. The molecule has 0 aromatic rings. The van der Waals surface area contributed by atoms with Crippen LogP contribution in [-0.4, -0.2) is 36.2 Å². The van der Waals surface area contributed by atoms with Gasteiger partial charge in [-0.05, 0) is 38.0 Å². The van der Waals surface area contributed by atoms with Crippen molar-refractivity contribution in [2.75, 3.05) is 19.6 Å². The number of rotatable bonds is 7. The average Bonchev–Trinajstić information content (AvgIpc) is 2.34. The maximum absolute atomic E-state index is 11.5. The molecular weight excluding hydrogens is 228 g/mol. The molecule has 0 atom stereocenters. The molecule has 1 aliphatic carbocycles. The van der Waals surface area contributed by atoms with Crippen LogP contribution in [0.15, 0.2) is 0 Å².